The third-order valence-electron chi connectivity index (χ3n) is 3.66. The number of benzene rings is 2. The van der Waals surface area contributed by atoms with Crippen LogP contribution in [-0.2, 0) is 5.75 Å². The Kier molecular flexibility index (Phi) is 7.15. The summed E-state index contributed by atoms with van der Waals surface area (Å²) in [6, 6.07) is 16.9. The van der Waals surface area contributed by atoms with Gasteiger partial charge in [0.25, 0.3) is 0 Å². The predicted molar refractivity (Wildman–Crippen MR) is 101 cm³/mol. The van der Waals surface area contributed by atoms with E-state index in [9.17, 15) is 9.90 Å². The molecule has 0 bridgehead atoms. The summed E-state index contributed by atoms with van der Waals surface area (Å²) in [4.78, 5) is 12.0. The molecular formula is C19H24N2O2S. The van der Waals surface area contributed by atoms with E-state index < -0.39 is 6.10 Å². The largest absolute Gasteiger partial charge is 0.388 e. The van der Waals surface area contributed by atoms with Gasteiger partial charge in [-0.3, -0.25) is 0 Å². The van der Waals surface area contributed by atoms with Crippen molar-refractivity contribution in [2.45, 2.75) is 31.2 Å². The standard InChI is InChI=1S/C19H24N2O2S/c1-14(12-18(22)16-6-4-3-5-7-16)20-19(23)21-17-10-8-15(9-11-17)13-24-2/h3-11,14,18,22H,12-13H2,1-2H3,(H2,20,21,23). The molecule has 0 aliphatic rings. The van der Waals surface area contributed by atoms with Crippen LogP contribution in [0.5, 0.6) is 0 Å². The molecule has 0 aliphatic carbocycles. The van der Waals surface area contributed by atoms with Gasteiger partial charge >= 0.3 is 6.03 Å². The van der Waals surface area contributed by atoms with Crippen LogP contribution in [0, 0.1) is 0 Å². The summed E-state index contributed by atoms with van der Waals surface area (Å²) in [5.41, 5.74) is 2.84. The number of amides is 2. The molecule has 24 heavy (non-hydrogen) atoms. The molecule has 128 valence electrons. The van der Waals surface area contributed by atoms with Gasteiger partial charge in [0.05, 0.1) is 6.10 Å². The highest BCUT2D eigenvalue weighted by molar-refractivity contribution is 7.97. The Labute approximate surface area is 147 Å². The van der Waals surface area contributed by atoms with Crippen LogP contribution in [0.3, 0.4) is 0 Å². The number of nitrogens with one attached hydrogen (secondary N) is 2. The molecule has 2 aromatic rings. The molecule has 0 radical (unpaired) electrons. The van der Waals surface area contributed by atoms with Crippen LogP contribution in [-0.4, -0.2) is 23.4 Å². The van der Waals surface area contributed by atoms with Crippen LogP contribution in [0.25, 0.3) is 0 Å². The van der Waals surface area contributed by atoms with Gasteiger partial charge in [0.2, 0.25) is 0 Å². The molecule has 0 heterocycles. The van der Waals surface area contributed by atoms with Gasteiger partial charge in [0, 0.05) is 17.5 Å². The number of hydrogen-bond donors (Lipinski definition) is 3. The fourth-order valence-electron chi connectivity index (χ4n) is 2.45. The van der Waals surface area contributed by atoms with E-state index in [1.54, 1.807) is 11.8 Å². The molecule has 0 fully saturated rings. The van der Waals surface area contributed by atoms with Crippen LogP contribution in [0.15, 0.2) is 54.6 Å². The van der Waals surface area contributed by atoms with Crippen molar-refractivity contribution in [1.29, 1.82) is 0 Å². The summed E-state index contributed by atoms with van der Waals surface area (Å²) in [5.74, 6) is 0.959. The molecule has 0 saturated carbocycles. The molecule has 2 aromatic carbocycles. The van der Waals surface area contributed by atoms with E-state index in [1.807, 2.05) is 61.5 Å². The minimum Gasteiger partial charge on any atom is -0.388 e. The van der Waals surface area contributed by atoms with Gasteiger partial charge in [-0.05, 0) is 42.9 Å². The van der Waals surface area contributed by atoms with Crippen molar-refractivity contribution < 1.29 is 9.90 Å². The maximum Gasteiger partial charge on any atom is 0.319 e. The van der Waals surface area contributed by atoms with E-state index in [0.717, 1.165) is 17.0 Å². The monoisotopic (exact) mass is 344 g/mol. The number of thioether (sulfide) groups is 1. The highest BCUT2D eigenvalue weighted by Crippen LogP contribution is 2.18. The Balaban J connectivity index is 1.80. The highest BCUT2D eigenvalue weighted by atomic mass is 32.2. The Morgan fingerprint density at radius 3 is 2.42 bits per heavy atom. The fourth-order valence-corrected chi connectivity index (χ4v) is 2.97. The first-order chi connectivity index (χ1) is 11.6. The Morgan fingerprint density at radius 2 is 1.79 bits per heavy atom. The first-order valence-electron chi connectivity index (χ1n) is 7.97. The zero-order chi connectivity index (χ0) is 17.4. The zero-order valence-electron chi connectivity index (χ0n) is 14.0. The van der Waals surface area contributed by atoms with Gasteiger partial charge in [0.1, 0.15) is 0 Å². The highest BCUT2D eigenvalue weighted by Gasteiger charge is 2.14. The molecule has 2 atom stereocenters. The third-order valence-corrected chi connectivity index (χ3v) is 4.28. The number of hydrogen-bond acceptors (Lipinski definition) is 3. The molecule has 2 amide bonds. The van der Waals surface area contributed by atoms with Crippen molar-refractivity contribution in [3.8, 4) is 0 Å². The van der Waals surface area contributed by atoms with E-state index in [1.165, 1.54) is 5.56 Å². The second-order valence-electron chi connectivity index (χ2n) is 5.79. The van der Waals surface area contributed by atoms with Crippen LogP contribution in [0.2, 0.25) is 0 Å². The second kappa shape index (κ2) is 9.35. The molecule has 0 spiro atoms. The first kappa shape index (κ1) is 18.4. The average molecular weight is 344 g/mol. The van der Waals surface area contributed by atoms with E-state index >= 15 is 0 Å². The minimum atomic E-state index is -0.590. The number of aliphatic hydroxyl groups excluding tert-OH is 1. The maximum absolute atomic E-state index is 12.0. The van der Waals surface area contributed by atoms with Crippen molar-refractivity contribution in [3.05, 3.63) is 65.7 Å². The average Bonchev–Trinajstić information content (AvgIpc) is 2.57. The Hall–Kier alpha value is -1.98. The molecule has 2 rings (SSSR count). The maximum atomic E-state index is 12.0. The fraction of sp³-hybridized carbons (Fsp3) is 0.316. The SMILES string of the molecule is CSCc1ccc(NC(=O)NC(C)CC(O)c2ccccc2)cc1. The lowest BCUT2D eigenvalue weighted by Crippen LogP contribution is -2.37. The van der Waals surface area contributed by atoms with Gasteiger partial charge in [-0.2, -0.15) is 11.8 Å². The number of carbonyl (C=O) groups excluding carboxylic acids is 1. The number of anilines is 1. The van der Waals surface area contributed by atoms with E-state index in [4.69, 9.17) is 0 Å². The molecular weight excluding hydrogens is 320 g/mol. The summed E-state index contributed by atoms with van der Waals surface area (Å²) in [6.45, 7) is 1.88. The molecule has 5 heteroatoms. The molecule has 0 aromatic heterocycles. The van der Waals surface area contributed by atoms with Gasteiger partial charge in [-0.25, -0.2) is 4.79 Å². The molecule has 4 nitrogen and oxygen atoms in total. The second-order valence-corrected chi connectivity index (χ2v) is 6.66. The molecule has 0 aliphatic heterocycles. The van der Waals surface area contributed by atoms with Crippen molar-refractivity contribution >= 4 is 23.5 Å². The smallest absolute Gasteiger partial charge is 0.319 e. The minimum absolute atomic E-state index is 0.143. The lowest BCUT2D eigenvalue weighted by Gasteiger charge is -2.18. The van der Waals surface area contributed by atoms with Gasteiger partial charge in [0.15, 0.2) is 0 Å². The van der Waals surface area contributed by atoms with E-state index in [-0.39, 0.29) is 12.1 Å². The normalized spacial score (nSPS) is 13.1. The number of urea groups is 1. The number of aliphatic hydroxyl groups is 1. The van der Waals surface area contributed by atoms with Crippen LogP contribution < -0.4 is 10.6 Å². The number of rotatable bonds is 7. The quantitative estimate of drug-likeness (QED) is 0.706. The molecule has 3 N–H and O–H groups in total. The van der Waals surface area contributed by atoms with Crippen LogP contribution >= 0.6 is 11.8 Å². The van der Waals surface area contributed by atoms with Crippen LogP contribution in [0.4, 0.5) is 10.5 Å². The zero-order valence-corrected chi connectivity index (χ0v) is 14.8. The van der Waals surface area contributed by atoms with E-state index in [0.29, 0.717) is 6.42 Å². The van der Waals surface area contributed by atoms with Gasteiger partial charge < -0.3 is 15.7 Å². The first-order valence-corrected chi connectivity index (χ1v) is 9.36. The van der Waals surface area contributed by atoms with Gasteiger partial charge in [-0.1, -0.05) is 42.5 Å². The van der Waals surface area contributed by atoms with Crippen molar-refractivity contribution in [3.63, 3.8) is 0 Å². The Morgan fingerprint density at radius 1 is 1.12 bits per heavy atom. The Bertz CT molecular complexity index is 632. The van der Waals surface area contributed by atoms with Crippen molar-refractivity contribution in [2.75, 3.05) is 11.6 Å². The summed E-state index contributed by atoms with van der Waals surface area (Å²) >= 11 is 1.76. The predicted octanol–water partition coefficient (Wildman–Crippen LogP) is 4.18. The summed E-state index contributed by atoms with van der Waals surface area (Å²) in [5, 5.41) is 15.9. The van der Waals surface area contributed by atoms with Crippen molar-refractivity contribution in [2.24, 2.45) is 0 Å². The lowest BCUT2D eigenvalue weighted by atomic mass is 10.0. The summed E-state index contributed by atoms with van der Waals surface area (Å²) < 4.78 is 0. The van der Waals surface area contributed by atoms with Crippen LogP contribution in [0.1, 0.15) is 30.6 Å². The molecule has 2 unspecified atom stereocenters. The molecule has 0 saturated heterocycles. The number of carbonyl (C=O) groups is 1. The van der Waals surface area contributed by atoms with Crippen molar-refractivity contribution in [1.82, 2.24) is 5.32 Å². The summed E-state index contributed by atoms with van der Waals surface area (Å²) in [6.07, 6.45) is 1.93. The topological polar surface area (TPSA) is 61.4 Å². The van der Waals surface area contributed by atoms with E-state index in [2.05, 4.69) is 16.9 Å². The van der Waals surface area contributed by atoms with Gasteiger partial charge in [-0.15, -0.1) is 0 Å². The third kappa shape index (κ3) is 5.91. The lowest BCUT2D eigenvalue weighted by molar-refractivity contribution is 0.155. The summed E-state index contributed by atoms with van der Waals surface area (Å²) in [7, 11) is 0.